The first-order valence-electron chi connectivity index (χ1n) is 1.33. The van der Waals surface area contributed by atoms with Crippen LogP contribution in [0, 0.1) is 0 Å². The van der Waals surface area contributed by atoms with Gasteiger partial charge in [0.1, 0.15) is 0 Å². The van der Waals surface area contributed by atoms with Crippen LogP contribution in [0.2, 0.25) is 0 Å². The summed E-state index contributed by atoms with van der Waals surface area (Å²) in [4.78, 5) is 0. The standard InChI is InChI=1S/2Cr.K.H2O.8O.2Zn/h;;;1H2;;;;;;;;;;/q;;+1;;;;;;4*-1;2*+2/p-1. The maximum atomic E-state index is 8.59. The molecule has 0 unspecified atom stereocenters. The van der Waals surface area contributed by atoms with Gasteiger partial charge in [0.2, 0.25) is 0 Å². The summed E-state index contributed by atoms with van der Waals surface area (Å²) < 4.78 is 68.8. The molecule has 0 saturated heterocycles. The molecule has 0 aromatic carbocycles. The normalized spacial score (nSPS) is 8.29. The molecule has 72 valence electrons. The third-order valence-electron chi connectivity index (χ3n) is 0. The van der Waals surface area contributed by atoms with Crippen molar-refractivity contribution in [3.8, 4) is 0 Å². The van der Waals surface area contributed by atoms with E-state index < -0.39 is 27.2 Å². The predicted octanol–water partition coefficient (Wildman–Crippen LogP) is -8.41. The zero-order valence-electron chi connectivity index (χ0n) is 6.94. The van der Waals surface area contributed by atoms with Crippen molar-refractivity contribution in [2.24, 2.45) is 0 Å². The first kappa shape index (κ1) is 36.0. The van der Waals surface area contributed by atoms with Gasteiger partial charge >= 0.3 is 149 Å². The Balaban J connectivity index is -0.0000000178. The molecular formula is HCr2KO9Zn2. The molecule has 0 radical (unpaired) electrons. The van der Waals surface area contributed by atoms with E-state index in [1.165, 1.54) is 0 Å². The Morgan fingerprint density at radius 2 is 0.643 bits per heavy atom. The molecule has 0 aliphatic rings. The first-order valence-corrected chi connectivity index (χ1v) is 5.50. The van der Waals surface area contributed by atoms with Gasteiger partial charge in [-0.2, -0.15) is 0 Å². The Morgan fingerprint density at radius 1 is 0.643 bits per heavy atom. The van der Waals surface area contributed by atoms with Gasteiger partial charge in [-0.15, -0.1) is 0 Å². The molecule has 0 heterocycles. The number of hydrogen-bond donors (Lipinski definition) is 0. The third kappa shape index (κ3) is 335. The van der Waals surface area contributed by atoms with Crippen LogP contribution in [0.25, 0.3) is 0 Å². The summed E-state index contributed by atoms with van der Waals surface area (Å²) in [5.41, 5.74) is 0. The van der Waals surface area contributed by atoms with E-state index in [9.17, 15) is 0 Å². The second-order valence-electron chi connectivity index (χ2n) is 0.816. The molecule has 0 spiro atoms. The van der Waals surface area contributed by atoms with Gasteiger partial charge in [-0.1, -0.05) is 0 Å². The van der Waals surface area contributed by atoms with Crippen LogP contribution in [0.5, 0.6) is 0 Å². The van der Waals surface area contributed by atoms with E-state index in [-0.39, 0.29) is 95.8 Å². The van der Waals surface area contributed by atoms with E-state index in [1.807, 2.05) is 0 Å². The Kier molecular flexibility index (Phi) is 41.0. The molecule has 0 fully saturated rings. The molecule has 9 nitrogen and oxygen atoms in total. The van der Waals surface area contributed by atoms with Crippen LogP contribution in [0.3, 0.4) is 0 Å². The average Bonchev–Trinajstić information content (AvgIpc) is 1.12. The van der Waals surface area contributed by atoms with Crippen molar-refractivity contribution in [3.63, 3.8) is 0 Å². The quantitative estimate of drug-likeness (QED) is 0.343. The summed E-state index contributed by atoms with van der Waals surface area (Å²) >= 11 is -11.5. The van der Waals surface area contributed by atoms with Crippen LogP contribution >= 0.6 is 0 Å². The van der Waals surface area contributed by atoms with Crippen molar-refractivity contribution in [2.45, 2.75) is 0 Å². The molecule has 0 rings (SSSR count). The van der Waals surface area contributed by atoms with Crippen LogP contribution in [0.15, 0.2) is 0 Å². The Hall–Kier alpha value is 2.95. The van der Waals surface area contributed by atoms with Gasteiger partial charge in [-0.05, 0) is 0 Å². The summed E-state index contributed by atoms with van der Waals surface area (Å²) in [6.45, 7) is 0. The molecule has 0 saturated carbocycles. The Labute approximate surface area is 152 Å². The Bertz CT molecular complexity index is 217. The minimum atomic E-state index is -5.75. The van der Waals surface area contributed by atoms with E-state index >= 15 is 0 Å². The molecule has 14 heavy (non-hydrogen) atoms. The van der Waals surface area contributed by atoms with E-state index in [0.29, 0.717) is 0 Å². The SMILES string of the molecule is [K+].[OH-].[O]=[Cr](=[O])([O-])[O-].[O]=[Cr](=[O])([O-])[O-].[Zn+2].[Zn+2]. The zero-order valence-corrected chi connectivity index (χ0v) is 18.6. The summed E-state index contributed by atoms with van der Waals surface area (Å²) in [5, 5.41) is 0. The van der Waals surface area contributed by atoms with Crippen molar-refractivity contribution in [1.29, 1.82) is 0 Å². The van der Waals surface area contributed by atoms with Crippen LogP contribution in [-0.2, 0) is 81.4 Å². The predicted molar refractivity (Wildman–Crippen MR) is 4.68 cm³/mol. The first-order chi connectivity index (χ1) is 4.00. The summed E-state index contributed by atoms with van der Waals surface area (Å²) in [7, 11) is 0. The van der Waals surface area contributed by atoms with Crippen LogP contribution in [-0.4, -0.2) is 5.48 Å². The molecule has 0 amide bonds. The van der Waals surface area contributed by atoms with Crippen molar-refractivity contribution >= 4 is 0 Å². The molecule has 0 aromatic rings. The van der Waals surface area contributed by atoms with Crippen molar-refractivity contribution in [3.05, 3.63) is 0 Å². The maximum absolute atomic E-state index is 8.59. The second-order valence-corrected chi connectivity index (χ2v) is 3.37. The van der Waals surface area contributed by atoms with Crippen LogP contribution < -0.4 is 68.0 Å². The molecule has 1 N–H and O–H groups in total. The molecule has 14 heteroatoms. The number of hydrogen-bond acceptors (Lipinski definition) is 9. The van der Waals surface area contributed by atoms with Gasteiger partial charge in [-0.25, -0.2) is 0 Å². The molecule has 0 aliphatic carbocycles. The largest absolute Gasteiger partial charge is 2.00 e. The average molecular weight is 419 g/mol. The molecule has 0 aliphatic heterocycles. The zero-order chi connectivity index (χ0) is 9.00. The molecule has 0 atom stereocenters. The Morgan fingerprint density at radius 3 is 0.643 bits per heavy atom. The van der Waals surface area contributed by atoms with E-state index in [0.717, 1.165) is 0 Å². The van der Waals surface area contributed by atoms with Gasteiger partial charge < -0.3 is 5.48 Å². The van der Waals surface area contributed by atoms with Crippen LogP contribution in [0.4, 0.5) is 0 Å². The summed E-state index contributed by atoms with van der Waals surface area (Å²) in [5.74, 6) is 0. The summed E-state index contributed by atoms with van der Waals surface area (Å²) in [6, 6.07) is 0. The van der Waals surface area contributed by atoms with Crippen molar-refractivity contribution in [2.75, 3.05) is 0 Å². The molecule has 0 aromatic heterocycles. The monoisotopic (exact) mass is 416 g/mol. The van der Waals surface area contributed by atoms with Crippen LogP contribution in [0.1, 0.15) is 0 Å². The topological polar surface area (TPSA) is 191 Å². The third-order valence-corrected chi connectivity index (χ3v) is 0. The van der Waals surface area contributed by atoms with Gasteiger partial charge in [-0.3, -0.25) is 0 Å². The van der Waals surface area contributed by atoms with Gasteiger partial charge in [0.25, 0.3) is 0 Å². The van der Waals surface area contributed by atoms with Crippen molar-refractivity contribution < 1.29 is 155 Å². The van der Waals surface area contributed by atoms with Gasteiger partial charge in [0.15, 0.2) is 0 Å². The van der Waals surface area contributed by atoms with Crippen molar-refractivity contribution in [1.82, 2.24) is 0 Å². The fourth-order valence-electron chi connectivity index (χ4n) is 0. The van der Waals surface area contributed by atoms with Gasteiger partial charge in [0, 0.05) is 0 Å². The minimum Gasteiger partial charge on any atom is 2.00 e. The fraction of sp³-hybridized carbons (Fsp3) is 0. The summed E-state index contributed by atoms with van der Waals surface area (Å²) in [6.07, 6.45) is 0. The van der Waals surface area contributed by atoms with E-state index in [2.05, 4.69) is 0 Å². The van der Waals surface area contributed by atoms with E-state index in [4.69, 9.17) is 31.8 Å². The fourth-order valence-corrected chi connectivity index (χ4v) is 0. The minimum absolute atomic E-state index is 0. The maximum Gasteiger partial charge on any atom is 2.00 e. The molecule has 0 bridgehead atoms. The molecular weight excluding hydrogens is 418 g/mol. The van der Waals surface area contributed by atoms with E-state index in [1.54, 1.807) is 0 Å². The van der Waals surface area contributed by atoms with Gasteiger partial charge in [0.05, 0.1) is 0 Å². The second kappa shape index (κ2) is 15.9. The number of rotatable bonds is 0. The smallest absolute Gasteiger partial charge is 2.00 e.